The van der Waals surface area contributed by atoms with Gasteiger partial charge in [0.25, 0.3) is 5.91 Å². The van der Waals surface area contributed by atoms with Crippen LogP contribution >= 0.6 is 0 Å². The maximum atomic E-state index is 12.2. The Bertz CT molecular complexity index is 431. The zero-order valence-corrected chi connectivity index (χ0v) is 10.4. The molecule has 7 heteroatoms. The highest BCUT2D eigenvalue weighted by Crippen LogP contribution is 2.21. The van der Waals surface area contributed by atoms with Gasteiger partial charge >= 0.3 is 6.18 Å². The second kappa shape index (κ2) is 5.92. The molecular weight excluding hydrogens is 263 g/mol. The van der Waals surface area contributed by atoms with Crippen LogP contribution in [0.4, 0.5) is 13.2 Å². The number of ether oxygens (including phenoxy) is 1. The van der Waals surface area contributed by atoms with Gasteiger partial charge in [-0.05, 0) is 24.3 Å². The molecule has 0 spiro atoms. The number of hydrogen-bond acceptors (Lipinski definition) is 3. The van der Waals surface area contributed by atoms with Crippen molar-refractivity contribution in [1.82, 2.24) is 4.90 Å². The lowest BCUT2D eigenvalue weighted by molar-refractivity contribution is -0.205. The topological polar surface area (TPSA) is 49.8 Å². The lowest BCUT2D eigenvalue weighted by Gasteiger charge is -2.22. The highest BCUT2D eigenvalue weighted by atomic mass is 19.4. The SMILES string of the molecule is COc1ccc(C(=O)N(C)CC(O)C(F)(F)F)cc1. The molecule has 0 saturated heterocycles. The molecule has 4 nitrogen and oxygen atoms in total. The fourth-order valence-corrected chi connectivity index (χ4v) is 1.40. The van der Waals surface area contributed by atoms with Crippen LogP contribution in [0.2, 0.25) is 0 Å². The third-order valence-corrected chi connectivity index (χ3v) is 2.51. The predicted octanol–water partition coefficient (Wildman–Crippen LogP) is 1.69. The van der Waals surface area contributed by atoms with Crippen LogP contribution in [-0.4, -0.2) is 48.9 Å². The Morgan fingerprint density at radius 1 is 1.37 bits per heavy atom. The number of carbonyl (C=O) groups is 1. The number of methoxy groups -OCH3 is 1. The van der Waals surface area contributed by atoms with Gasteiger partial charge in [0.1, 0.15) is 5.75 Å². The van der Waals surface area contributed by atoms with Crippen molar-refractivity contribution in [2.24, 2.45) is 0 Å². The van der Waals surface area contributed by atoms with Crippen LogP contribution in [-0.2, 0) is 0 Å². The van der Waals surface area contributed by atoms with Crippen molar-refractivity contribution in [2.45, 2.75) is 12.3 Å². The van der Waals surface area contributed by atoms with Crippen molar-refractivity contribution in [3.8, 4) is 5.75 Å². The van der Waals surface area contributed by atoms with E-state index in [9.17, 15) is 18.0 Å². The third-order valence-electron chi connectivity index (χ3n) is 2.51. The average molecular weight is 277 g/mol. The molecule has 1 amide bonds. The van der Waals surface area contributed by atoms with Gasteiger partial charge in [0.05, 0.1) is 13.7 Å². The van der Waals surface area contributed by atoms with E-state index in [1.807, 2.05) is 0 Å². The quantitative estimate of drug-likeness (QED) is 0.911. The summed E-state index contributed by atoms with van der Waals surface area (Å²) in [6.07, 6.45) is -7.30. The van der Waals surface area contributed by atoms with E-state index in [4.69, 9.17) is 9.84 Å². The van der Waals surface area contributed by atoms with Crippen LogP contribution in [0, 0.1) is 0 Å². The molecule has 0 aliphatic carbocycles. The predicted molar refractivity (Wildman–Crippen MR) is 62.0 cm³/mol. The monoisotopic (exact) mass is 277 g/mol. The Morgan fingerprint density at radius 3 is 2.32 bits per heavy atom. The summed E-state index contributed by atoms with van der Waals surface area (Å²) in [5, 5.41) is 8.90. The molecule has 0 aliphatic heterocycles. The summed E-state index contributed by atoms with van der Waals surface area (Å²) < 4.78 is 41.4. The molecule has 0 aliphatic rings. The first-order valence-electron chi connectivity index (χ1n) is 5.40. The normalized spacial score (nSPS) is 12.9. The Morgan fingerprint density at radius 2 is 1.89 bits per heavy atom. The number of carbonyl (C=O) groups excluding carboxylic acids is 1. The Hall–Kier alpha value is -1.76. The van der Waals surface area contributed by atoms with Crippen LogP contribution in [0.3, 0.4) is 0 Å². The largest absolute Gasteiger partial charge is 0.497 e. The summed E-state index contributed by atoms with van der Waals surface area (Å²) in [6, 6.07) is 5.94. The Kier molecular flexibility index (Phi) is 4.77. The minimum atomic E-state index is -4.74. The molecular formula is C12H14F3NO3. The van der Waals surface area contributed by atoms with Crippen molar-refractivity contribution < 1.29 is 27.8 Å². The summed E-state index contributed by atoms with van der Waals surface area (Å²) in [5.74, 6) is -0.0690. The maximum absolute atomic E-state index is 12.2. The highest BCUT2D eigenvalue weighted by Gasteiger charge is 2.39. The van der Waals surface area contributed by atoms with E-state index < -0.39 is 24.7 Å². The van der Waals surface area contributed by atoms with Gasteiger partial charge in [-0.1, -0.05) is 0 Å². The van der Waals surface area contributed by atoms with Gasteiger partial charge in [0, 0.05) is 12.6 Å². The number of aliphatic hydroxyl groups excluding tert-OH is 1. The molecule has 0 heterocycles. The average Bonchev–Trinajstić information content (AvgIpc) is 2.36. The number of halogens is 3. The minimum Gasteiger partial charge on any atom is -0.497 e. The van der Waals surface area contributed by atoms with E-state index in [1.54, 1.807) is 0 Å². The van der Waals surface area contributed by atoms with E-state index in [0.29, 0.717) is 5.75 Å². The first-order chi connectivity index (χ1) is 8.75. The number of aliphatic hydroxyl groups is 1. The summed E-state index contributed by atoms with van der Waals surface area (Å²) in [7, 11) is 2.66. The van der Waals surface area contributed by atoms with Gasteiger partial charge < -0.3 is 14.7 Å². The van der Waals surface area contributed by atoms with Gasteiger partial charge in [-0.3, -0.25) is 4.79 Å². The first kappa shape index (κ1) is 15.3. The van der Waals surface area contributed by atoms with Crippen LogP contribution in [0.5, 0.6) is 5.75 Å². The van der Waals surface area contributed by atoms with Gasteiger partial charge in [-0.15, -0.1) is 0 Å². The molecule has 1 N–H and O–H groups in total. The molecule has 1 rings (SSSR count). The molecule has 19 heavy (non-hydrogen) atoms. The van der Waals surface area contributed by atoms with Crippen LogP contribution in [0.1, 0.15) is 10.4 Å². The second-order valence-electron chi connectivity index (χ2n) is 3.97. The molecule has 0 bridgehead atoms. The van der Waals surface area contributed by atoms with Crippen molar-refractivity contribution >= 4 is 5.91 Å². The van der Waals surface area contributed by atoms with Crippen molar-refractivity contribution in [3.05, 3.63) is 29.8 Å². The molecule has 1 atom stereocenters. The molecule has 1 aromatic carbocycles. The zero-order chi connectivity index (χ0) is 14.6. The van der Waals surface area contributed by atoms with E-state index in [-0.39, 0.29) is 5.56 Å². The number of amides is 1. The standard InChI is InChI=1S/C12H14F3NO3/c1-16(7-10(17)12(13,14)15)11(18)8-3-5-9(19-2)6-4-8/h3-6,10,17H,7H2,1-2H3. The lowest BCUT2D eigenvalue weighted by atomic mass is 10.2. The van der Waals surface area contributed by atoms with E-state index >= 15 is 0 Å². The fraction of sp³-hybridized carbons (Fsp3) is 0.417. The first-order valence-corrected chi connectivity index (χ1v) is 5.40. The summed E-state index contributed by atoms with van der Waals surface area (Å²) in [5.41, 5.74) is 0.220. The number of hydrogen-bond donors (Lipinski definition) is 1. The van der Waals surface area contributed by atoms with Gasteiger partial charge in [-0.25, -0.2) is 0 Å². The molecule has 0 aromatic heterocycles. The number of alkyl halides is 3. The van der Waals surface area contributed by atoms with Crippen molar-refractivity contribution in [1.29, 1.82) is 0 Å². The Labute approximate surface area is 108 Å². The van der Waals surface area contributed by atoms with Crippen LogP contribution < -0.4 is 4.74 Å². The van der Waals surface area contributed by atoms with Gasteiger partial charge in [0.15, 0.2) is 6.10 Å². The van der Waals surface area contributed by atoms with E-state index in [0.717, 1.165) is 4.90 Å². The summed E-state index contributed by atoms with van der Waals surface area (Å²) in [6.45, 7) is -0.811. The number of nitrogens with zero attached hydrogens (tertiary/aromatic N) is 1. The fourth-order valence-electron chi connectivity index (χ4n) is 1.40. The number of likely N-dealkylation sites (N-methyl/N-ethyl adjacent to an activating group) is 1. The van der Waals surface area contributed by atoms with Gasteiger partial charge in [-0.2, -0.15) is 13.2 Å². The molecule has 1 aromatic rings. The van der Waals surface area contributed by atoms with E-state index in [1.165, 1.54) is 38.4 Å². The third kappa shape index (κ3) is 4.13. The zero-order valence-electron chi connectivity index (χ0n) is 10.4. The molecule has 0 radical (unpaired) electrons. The molecule has 0 saturated carbocycles. The molecule has 1 unspecified atom stereocenters. The van der Waals surface area contributed by atoms with E-state index in [2.05, 4.69) is 0 Å². The number of benzene rings is 1. The van der Waals surface area contributed by atoms with Crippen molar-refractivity contribution in [3.63, 3.8) is 0 Å². The number of rotatable bonds is 4. The van der Waals surface area contributed by atoms with Crippen LogP contribution in [0.15, 0.2) is 24.3 Å². The molecule has 0 fully saturated rings. The molecule has 106 valence electrons. The maximum Gasteiger partial charge on any atom is 0.416 e. The van der Waals surface area contributed by atoms with Gasteiger partial charge in [0.2, 0.25) is 0 Å². The summed E-state index contributed by atoms with van der Waals surface area (Å²) >= 11 is 0. The van der Waals surface area contributed by atoms with Crippen molar-refractivity contribution in [2.75, 3.05) is 20.7 Å². The highest BCUT2D eigenvalue weighted by molar-refractivity contribution is 5.94. The second-order valence-corrected chi connectivity index (χ2v) is 3.97. The smallest absolute Gasteiger partial charge is 0.416 e. The van der Waals surface area contributed by atoms with Crippen LogP contribution in [0.25, 0.3) is 0 Å². The summed E-state index contributed by atoms with van der Waals surface area (Å²) in [4.78, 5) is 12.6. The minimum absolute atomic E-state index is 0.220. The Balaban J connectivity index is 2.71. The lowest BCUT2D eigenvalue weighted by Crippen LogP contribution is -2.41.